The van der Waals surface area contributed by atoms with E-state index in [1.165, 1.54) is 12.1 Å². The molecule has 0 aliphatic carbocycles. The van der Waals surface area contributed by atoms with E-state index in [0.717, 1.165) is 11.1 Å². The van der Waals surface area contributed by atoms with Crippen LogP contribution in [0.15, 0.2) is 54.1 Å². The summed E-state index contributed by atoms with van der Waals surface area (Å²) in [7, 11) is 0. The zero-order valence-electron chi connectivity index (χ0n) is 10.9. The Morgan fingerprint density at radius 2 is 1.62 bits per heavy atom. The third-order valence-electron chi connectivity index (χ3n) is 2.88. The topological polar surface area (TPSA) is 84.9 Å². The number of carboxylic acids is 1. The highest BCUT2D eigenvalue weighted by Crippen LogP contribution is 2.22. The van der Waals surface area contributed by atoms with Gasteiger partial charge in [0.25, 0.3) is 0 Å². The lowest BCUT2D eigenvalue weighted by molar-refractivity contribution is 0.0697. The fraction of sp³-hybridized carbons (Fsp3) is 0. The van der Waals surface area contributed by atoms with Gasteiger partial charge in [0.1, 0.15) is 17.7 Å². The summed E-state index contributed by atoms with van der Waals surface area (Å²) in [5, 5.41) is 26.5. The molecule has 0 spiro atoms. The van der Waals surface area contributed by atoms with Crippen LogP contribution in [0.5, 0.6) is 0 Å². The maximum absolute atomic E-state index is 11.0. The first kappa shape index (κ1) is 14.0. The fourth-order valence-corrected chi connectivity index (χ4v) is 1.90. The average Bonchev–Trinajstić information content (AvgIpc) is 2.53. The van der Waals surface area contributed by atoms with Crippen molar-refractivity contribution >= 4 is 12.0 Å². The summed E-state index contributed by atoms with van der Waals surface area (Å²) >= 11 is 0. The van der Waals surface area contributed by atoms with Crippen LogP contribution in [-0.4, -0.2) is 11.1 Å². The minimum absolute atomic E-state index is 0.0198. The van der Waals surface area contributed by atoms with Gasteiger partial charge in [-0.2, -0.15) is 10.5 Å². The summed E-state index contributed by atoms with van der Waals surface area (Å²) in [6.07, 6.45) is 1.49. The number of nitrogens with zero attached hydrogens (tertiary/aromatic N) is 2. The zero-order valence-corrected chi connectivity index (χ0v) is 10.9. The molecule has 100 valence electrons. The number of aromatic carboxylic acids is 1. The quantitative estimate of drug-likeness (QED) is 0.868. The maximum Gasteiger partial charge on any atom is 0.335 e. The molecule has 0 aliphatic heterocycles. The molecule has 0 unspecified atom stereocenters. The van der Waals surface area contributed by atoms with Gasteiger partial charge in [-0.3, -0.25) is 0 Å². The highest BCUT2D eigenvalue weighted by Gasteiger charge is 2.05. The van der Waals surface area contributed by atoms with Crippen LogP contribution in [0.25, 0.3) is 17.2 Å². The Balaban J connectivity index is 2.45. The Bertz CT molecular complexity index is 792. The van der Waals surface area contributed by atoms with E-state index in [2.05, 4.69) is 0 Å². The minimum Gasteiger partial charge on any atom is -0.478 e. The van der Waals surface area contributed by atoms with Crippen LogP contribution in [-0.2, 0) is 0 Å². The molecular weight excluding hydrogens is 264 g/mol. The monoisotopic (exact) mass is 274 g/mol. The molecule has 0 fully saturated rings. The Morgan fingerprint density at radius 1 is 1.00 bits per heavy atom. The fourth-order valence-electron chi connectivity index (χ4n) is 1.90. The SMILES string of the molecule is N#CC(C#N)=Cc1cccc(-c2cccc(C(=O)O)c2)c1. The molecule has 2 rings (SSSR count). The van der Waals surface area contributed by atoms with Crippen molar-refractivity contribution in [2.75, 3.05) is 0 Å². The molecule has 2 aromatic rings. The van der Waals surface area contributed by atoms with E-state index in [0.29, 0.717) is 5.56 Å². The Labute approximate surface area is 121 Å². The van der Waals surface area contributed by atoms with Crippen molar-refractivity contribution in [1.82, 2.24) is 0 Å². The second kappa shape index (κ2) is 6.18. The standard InChI is InChI=1S/C17H10N2O2/c18-10-13(11-19)7-12-3-1-4-14(8-12)15-5-2-6-16(9-15)17(20)21/h1-9H,(H,20,21). The van der Waals surface area contributed by atoms with Crippen molar-refractivity contribution in [1.29, 1.82) is 10.5 Å². The maximum atomic E-state index is 11.0. The lowest BCUT2D eigenvalue weighted by atomic mass is 10.0. The van der Waals surface area contributed by atoms with Gasteiger partial charge in [-0.15, -0.1) is 0 Å². The Kier molecular flexibility index (Phi) is 4.14. The number of carbonyl (C=O) groups is 1. The van der Waals surface area contributed by atoms with E-state index in [1.807, 2.05) is 12.1 Å². The van der Waals surface area contributed by atoms with Crippen LogP contribution in [0.3, 0.4) is 0 Å². The smallest absolute Gasteiger partial charge is 0.335 e. The van der Waals surface area contributed by atoms with Crippen molar-refractivity contribution in [3.8, 4) is 23.3 Å². The highest BCUT2D eigenvalue weighted by molar-refractivity contribution is 5.89. The molecule has 0 atom stereocenters. The summed E-state index contributed by atoms with van der Waals surface area (Å²) in [6, 6.07) is 17.4. The van der Waals surface area contributed by atoms with Gasteiger partial charge in [-0.25, -0.2) is 4.79 Å². The van der Waals surface area contributed by atoms with Crippen LogP contribution in [0.4, 0.5) is 0 Å². The number of nitriles is 2. The van der Waals surface area contributed by atoms with E-state index < -0.39 is 5.97 Å². The van der Waals surface area contributed by atoms with E-state index in [4.69, 9.17) is 15.6 Å². The van der Waals surface area contributed by atoms with Gasteiger partial charge in [0.05, 0.1) is 5.56 Å². The summed E-state index contributed by atoms with van der Waals surface area (Å²) < 4.78 is 0. The van der Waals surface area contributed by atoms with Gasteiger partial charge < -0.3 is 5.11 Å². The number of benzene rings is 2. The van der Waals surface area contributed by atoms with Crippen LogP contribution in [0.2, 0.25) is 0 Å². The predicted octanol–water partition coefficient (Wildman–Crippen LogP) is 3.48. The summed E-state index contributed by atoms with van der Waals surface area (Å²) in [6.45, 7) is 0. The second-order valence-corrected chi connectivity index (χ2v) is 4.29. The molecule has 0 aliphatic rings. The number of carboxylic acid groups (broad SMARTS) is 1. The Hall–Kier alpha value is -3.37. The highest BCUT2D eigenvalue weighted by atomic mass is 16.4. The lowest BCUT2D eigenvalue weighted by Crippen LogP contribution is -1.95. The van der Waals surface area contributed by atoms with Crippen molar-refractivity contribution in [3.05, 3.63) is 65.2 Å². The minimum atomic E-state index is -0.982. The molecular formula is C17H10N2O2. The zero-order chi connectivity index (χ0) is 15.2. The third kappa shape index (κ3) is 3.34. The van der Waals surface area contributed by atoms with Crippen LogP contribution >= 0.6 is 0 Å². The lowest BCUT2D eigenvalue weighted by Gasteiger charge is -2.04. The van der Waals surface area contributed by atoms with Crippen molar-refractivity contribution in [2.24, 2.45) is 0 Å². The van der Waals surface area contributed by atoms with E-state index in [9.17, 15) is 4.79 Å². The van der Waals surface area contributed by atoms with Crippen molar-refractivity contribution in [2.45, 2.75) is 0 Å². The number of hydrogen-bond donors (Lipinski definition) is 1. The van der Waals surface area contributed by atoms with E-state index >= 15 is 0 Å². The molecule has 0 heterocycles. The first-order chi connectivity index (χ1) is 10.1. The first-order valence-corrected chi connectivity index (χ1v) is 6.10. The molecule has 2 aromatic carbocycles. The number of allylic oxidation sites excluding steroid dienone is 1. The van der Waals surface area contributed by atoms with Crippen LogP contribution < -0.4 is 0 Å². The third-order valence-corrected chi connectivity index (χ3v) is 2.88. The molecule has 0 saturated carbocycles. The molecule has 0 aromatic heterocycles. The van der Waals surface area contributed by atoms with Crippen LogP contribution in [0.1, 0.15) is 15.9 Å². The largest absolute Gasteiger partial charge is 0.478 e. The van der Waals surface area contributed by atoms with E-state index in [1.54, 1.807) is 42.5 Å². The normalized spacial score (nSPS) is 9.24. The van der Waals surface area contributed by atoms with Gasteiger partial charge >= 0.3 is 5.97 Å². The summed E-state index contributed by atoms with van der Waals surface area (Å²) in [5.41, 5.74) is 2.53. The molecule has 21 heavy (non-hydrogen) atoms. The van der Waals surface area contributed by atoms with Gasteiger partial charge in [-0.1, -0.05) is 30.3 Å². The summed E-state index contributed by atoms with van der Waals surface area (Å²) in [5.74, 6) is -0.982. The molecule has 1 N–H and O–H groups in total. The second-order valence-electron chi connectivity index (χ2n) is 4.29. The van der Waals surface area contributed by atoms with Crippen molar-refractivity contribution in [3.63, 3.8) is 0 Å². The average molecular weight is 274 g/mol. The van der Waals surface area contributed by atoms with Gasteiger partial charge in [0.15, 0.2) is 0 Å². The van der Waals surface area contributed by atoms with Gasteiger partial charge in [0.2, 0.25) is 0 Å². The first-order valence-electron chi connectivity index (χ1n) is 6.10. The van der Waals surface area contributed by atoms with E-state index in [-0.39, 0.29) is 11.1 Å². The van der Waals surface area contributed by atoms with Gasteiger partial charge in [-0.05, 0) is 41.0 Å². The molecule has 4 nitrogen and oxygen atoms in total. The molecule has 0 bridgehead atoms. The molecule has 4 heteroatoms. The molecule has 0 amide bonds. The molecule has 0 radical (unpaired) electrons. The number of rotatable bonds is 3. The van der Waals surface area contributed by atoms with Crippen LogP contribution in [0, 0.1) is 22.7 Å². The number of hydrogen-bond acceptors (Lipinski definition) is 3. The van der Waals surface area contributed by atoms with Gasteiger partial charge in [0, 0.05) is 0 Å². The Morgan fingerprint density at radius 3 is 2.24 bits per heavy atom. The van der Waals surface area contributed by atoms with Crippen molar-refractivity contribution < 1.29 is 9.90 Å². The predicted molar refractivity (Wildman–Crippen MR) is 78.0 cm³/mol. The molecule has 0 saturated heterocycles. The summed E-state index contributed by atoms with van der Waals surface area (Å²) in [4.78, 5) is 11.0.